The standard InChI is InChI=1S/C12H8Cl2N2O2/c13-7-3-1-2-6(10(7)14)9-5-4-8(15)11(16-9)12(17)18/h1-5H,15H2,(H,17,18). The summed E-state index contributed by atoms with van der Waals surface area (Å²) in [5.41, 5.74) is 6.40. The minimum absolute atomic E-state index is 0.101. The summed E-state index contributed by atoms with van der Waals surface area (Å²) >= 11 is 11.9. The van der Waals surface area contributed by atoms with Gasteiger partial charge >= 0.3 is 5.97 Å². The van der Waals surface area contributed by atoms with Gasteiger partial charge in [-0.25, -0.2) is 9.78 Å². The molecular formula is C12H8Cl2N2O2. The van der Waals surface area contributed by atoms with Crippen LogP contribution in [-0.2, 0) is 0 Å². The smallest absolute Gasteiger partial charge is 0.356 e. The number of rotatable bonds is 2. The third-order valence-corrected chi connectivity index (χ3v) is 3.18. The molecule has 0 unspecified atom stereocenters. The van der Waals surface area contributed by atoms with Crippen LogP contribution in [0.4, 0.5) is 5.69 Å². The first-order valence-corrected chi connectivity index (χ1v) is 5.70. The number of pyridine rings is 1. The highest BCUT2D eigenvalue weighted by Crippen LogP contribution is 2.32. The van der Waals surface area contributed by atoms with Crippen LogP contribution in [0.15, 0.2) is 30.3 Å². The van der Waals surface area contributed by atoms with Gasteiger partial charge in [-0.15, -0.1) is 0 Å². The minimum atomic E-state index is -1.19. The molecule has 1 heterocycles. The van der Waals surface area contributed by atoms with Gasteiger partial charge in [0.2, 0.25) is 0 Å². The first kappa shape index (κ1) is 12.7. The highest BCUT2D eigenvalue weighted by molar-refractivity contribution is 6.43. The topological polar surface area (TPSA) is 76.2 Å². The van der Waals surface area contributed by atoms with Gasteiger partial charge in [0.1, 0.15) is 0 Å². The molecule has 3 N–H and O–H groups in total. The summed E-state index contributed by atoms with van der Waals surface area (Å²) in [6, 6.07) is 8.13. The van der Waals surface area contributed by atoms with Gasteiger partial charge < -0.3 is 10.8 Å². The third-order valence-electron chi connectivity index (χ3n) is 2.36. The zero-order valence-electron chi connectivity index (χ0n) is 9.02. The number of hydrogen-bond acceptors (Lipinski definition) is 3. The zero-order valence-corrected chi connectivity index (χ0v) is 10.5. The number of nitrogen functional groups attached to an aromatic ring is 1. The van der Waals surface area contributed by atoms with Gasteiger partial charge in [0, 0.05) is 5.56 Å². The number of carboxylic acids is 1. The van der Waals surface area contributed by atoms with E-state index in [2.05, 4.69) is 4.98 Å². The van der Waals surface area contributed by atoms with E-state index < -0.39 is 5.97 Å². The summed E-state index contributed by atoms with van der Waals surface area (Å²) in [5, 5.41) is 9.67. The predicted octanol–water partition coefficient (Wildman–Crippen LogP) is 3.34. The molecule has 0 saturated carbocycles. The van der Waals surface area contributed by atoms with E-state index in [0.717, 1.165) is 0 Å². The van der Waals surface area contributed by atoms with Crippen LogP contribution in [0, 0.1) is 0 Å². The van der Waals surface area contributed by atoms with Crippen LogP contribution < -0.4 is 5.73 Å². The number of carbonyl (C=O) groups is 1. The van der Waals surface area contributed by atoms with Crippen molar-refractivity contribution in [1.82, 2.24) is 4.98 Å². The fourth-order valence-corrected chi connectivity index (χ4v) is 1.89. The minimum Gasteiger partial charge on any atom is -0.476 e. The lowest BCUT2D eigenvalue weighted by Gasteiger charge is -2.07. The monoisotopic (exact) mass is 282 g/mol. The lowest BCUT2D eigenvalue weighted by atomic mass is 10.1. The molecule has 6 heteroatoms. The van der Waals surface area contributed by atoms with Gasteiger partial charge in [-0.1, -0.05) is 35.3 Å². The van der Waals surface area contributed by atoms with Crippen LogP contribution in [0.1, 0.15) is 10.5 Å². The fourth-order valence-electron chi connectivity index (χ4n) is 1.49. The summed E-state index contributed by atoms with van der Waals surface area (Å²) in [6.07, 6.45) is 0. The second kappa shape index (κ2) is 4.84. The Bertz CT molecular complexity index is 629. The van der Waals surface area contributed by atoms with Crippen molar-refractivity contribution >= 4 is 34.9 Å². The molecule has 0 saturated heterocycles. The first-order chi connectivity index (χ1) is 8.50. The Morgan fingerprint density at radius 1 is 1.22 bits per heavy atom. The van der Waals surface area contributed by atoms with Gasteiger partial charge in [-0.3, -0.25) is 0 Å². The quantitative estimate of drug-likeness (QED) is 0.886. The molecule has 0 fully saturated rings. The number of hydrogen-bond donors (Lipinski definition) is 2. The molecule has 92 valence electrons. The Labute approximate surface area is 113 Å². The molecule has 1 aromatic heterocycles. The predicted molar refractivity (Wildman–Crippen MR) is 71.1 cm³/mol. The average Bonchev–Trinajstić information content (AvgIpc) is 2.33. The second-order valence-electron chi connectivity index (χ2n) is 3.54. The maximum atomic E-state index is 11.0. The number of nitrogens with two attached hydrogens (primary N) is 1. The number of aromatic carboxylic acids is 1. The second-order valence-corrected chi connectivity index (χ2v) is 4.33. The van der Waals surface area contributed by atoms with Crippen molar-refractivity contribution in [3.63, 3.8) is 0 Å². The molecule has 4 nitrogen and oxygen atoms in total. The maximum Gasteiger partial charge on any atom is 0.356 e. The summed E-state index contributed by atoms with van der Waals surface area (Å²) in [7, 11) is 0. The number of carboxylic acid groups (broad SMARTS) is 1. The number of benzene rings is 1. The normalized spacial score (nSPS) is 10.3. The van der Waals surface area contributed by atoms with Crippen LogP contribution in [0.25, 0.3) is 11.3 Å². The third kappa shape index (κ3) is 2.25. The van der Waals surface area contributed by atoms with Crippen molar-refractivity contribution in [2.24, 2.45) is 0 Å². The van der Waals surface area contributed by atoms with Crippen LogP contribution >= 0.6 is 23.2 Å². The Balaban J connectivity index is 2.62. The van der Waals surface area contributed by atoms with Crippen molar-refractivity contribution in [2.75, 3.05) is 5.73 Å². The molecular weight excluding hydrogens is 275 g/mol. The first-order valence-electron chi connectivity index (χ1n) is 4.95. The van der Waals surface area contributed by atoms with Gasteiger partial charge in [0.05, 0.1) is 21.4 Å². The molecule has 18 heavy (non-hydrogen) atoms. The van der Waals surface area contributed by atoms with E-state index in [4.69, 9.17) is 34.0 Å². The van der Waals surface area contributed by atoms with Gasteiger partial charge in [0.15, 0.2) is 5.69 Å². The van der Waals surface area contributed by atoms with Crippen LogP contribution in [-0.4, -0.2) is 16.1 Å². The summed E-state index contributed by atoms with van der Waals surface area (Å²) < 4.78 is 0. The number of aromatic nitrogens is 1. The van der Waals surface area contributed by atoms with Crippen molar-refractivity contribution in [1.29, 1.82) is 0 Å². The van der Waals surface area contributed by atoms with E-state index in [-0.39, 0.29) is 11.4 Å². The van der Waals surface area contributed by atoms with Crippen LogP contribution in [0.3, 0.4) is 0 Å². The fraction of sp³-hybridized carbons (Fsp3) is 0. The molecule has 0 aliphatic heterocycles. The Hall–Kier alpha value is -1.78. The van der Waals surface area contributed by atoms with E-state index in [1.54, 1.807) is 24.3 Å². The van der Waals surface area contributed by atoms with Crippen LogP contribution in [0.5, 0.6) is 0 Å². The van der Waals surface area contributed by atoms with E-state index in [1.165, 1.54) is 6.07 Å². The average molecular weight is 283 g/mol. The van der Waals surface area contributed by atoms with Crippen molar-refractivity contribution in [2.45, 2.75) is 0 Å². The highest BCUT2D eigenvalue weighted by Gasteiger charge is 2.14. The summed E-state index contributed by atoms with van der Waals surface area (Å²) in [6.45, 7) is 0. The van der Waals surface area contributed by atoms with Crippen molar-refractivity contribution < 1.29 is 9.90 Å². The van der Waals surface area contributed by atoms with E-state index in [0.29, 0.717) is 21.3 Å². The van der Waals surface area contributed by atoms with Crippen molar-refractivity contribution in [3.8, 4) is 11.3 Å². The SMILES string of the molecule is Nc1ccc(-c2cccc(Cl)c2Cl)nc1C(=O)O. The Kier molecular flexibility index (Phi) is 3.41. The van der Waals surface area contributed by atoms with E-state index in [1.807, 2.05) is 0 Å². The number of anilines is 1. The largest absolute Gasteiger partial charge is 0.476 e. The van der Waals surface area contributed by atoms with Gasteiger partial charge in [-0.2, -0.15) is 0 Å². The maximum absolute atomic E-state index is 11.0. The highest BCUT2D eigenvalue weighted by atomic mass is 35.5. The summed E-state index contributed by atoms with van der Waals surface area (Å²) in [5.74, 6) is -1.19. The lowest BCUT2D eigenvalue weighted by molar-refractivity contribution is 0.0692. The molecule has 0 aliphatic rings. The molecule has 0 spiro atoms. The van der Waals surface area contributed by atoms with Gasteiger partial charge in [-0.05, 0) is 18.2 Å². The molecule has 0 aliphatic carbocycles. The molecule has 0 atom stereocenters. The Morgan fingerprint density at radius 2 is 1.94 bits per heavy atom. The lowest BCUT2D eigenvalue weighted by Crippen LogP contribution is -2.06. The molecule has 0 bridgehead atoms. The molecule has 0 amide bonds. The molecule has 2 aromatic rings. The summed E-state index contributed by atoms with van der Waals surface area (Å²) in [4.78, 5) is 14.9. The molecule has 2 rings (SSSR count). The number of halogens is 2. The van der Waals surface area contributed by atoms with Crippen LogP contribution in [0.2, 0.25) is 10.0 Å². The molecule has 0 radical (unpaired) electrons. The van der Waals surface area contributed by atoms with E-state index in [9.17, 15) is 4.79 Å². The van der Waals surface area contributed by atoms with Gasteiger partial charge in [0.25, 0.3) is 0 Å². The van der Waals surface area contributed by atoms with Crippen molar-refractivity contribution in [3.05, 3.63) is 46.1 Å². The Morgan fingerprint density at radius 3 is 2.61 bits per heavy atom. The van der Waals surface area contributed by atoms with E-state index >= 15 is 0 Å². The molecule has 1 aromatic carbocycles. The number of nitrogens with zero attached hydrogens (tertiary/aromatic N) is 1. The zero-order chi connectivity index (χ0) is 13.3.